The molecule has 3 N–H and O–H groups in total. The number of hydrogen-bond donors (Lipinski definition) is 3. The highest BCUT2D eigenvalue weighted by Crippen LogP contribution is 1.97. The number of amides is 2. The lowest BCUT2D eigenvalue weighted by atomic mass is 10.2. The van der Waals surface area contributed by atoms with Crippen LogP contribution in [-0.4, -0.2) is 30.2 Å². The van der Waals surface area contributed by atoms with Crippen LogP contribution in [0.2, 0.25) is 0 Å². The van der Waals surface area contributed by atoms with Gasteiger partial charge in [-0.25, -0.2) is 4.79 Å². The van der Waals surface area contributed by atoms with Gasteiger partial charge in [-0.3, -0.25) is 4.79 Å². The summed E-state index contributed by atoms with van der Waals surface area (Å²) < 4.78 is 0. The quantitative estimate of drug-likeness (QED) is 0.536. The molecule has 0 aliphatic rings. The van der Waals surface area contributed by atoms with E-state index in [2.05, 4.69) is 10.6 Å². The molecule has 0 aliphatic carbocycles. The molecule has 0 aromatic heterocycles. The van der Waals surface area contributed by atoms with E-state index in [1.165, 1.54) is 0 Å². The van der Waals surface area contributed by atoms with Crippen LogP contribution < -0.4 is 10.6 Å². The predicted molar refractivity (Wildman–Crippen MR) is 57.8 cm³/mol. The van der Waals surface area contributed by atoms with Gasteiger partial charge in [0.2, 0.25) is 5.91 Å². The standard InChI is InChI=1S/C10H20N2O3/c1-2-9(13)11-7-5-3-4-6-8-12-10(14)15/h12H,2-8H2,1H3,(H,11,13)(H,14,15). The third-order valence-electron chi connectivity index (χ3n) is 2.02. The van der Waals surface area contributed by atoms with Gasteiger partial charge in [0.1, 0.15) is 0 Å². The number of rotatable bonds is 8. The molecule has 0 saturated carbocycles. The zero-order valence-electron chi connectivity index (χ0n) is 9.21. The van der Waals surface area contributed by atoms with E-state index in [9.17, 15) is 9.59 Å². The van der Waals surface area contributed by atoms with Crippen LogP contribution in [0.5, 0.6) is 0 Å². The van der Waals surface area contributed by atoms with Crippen LogP contribution in [0.3, 0.4) is 0 Å². The first-order valence-corrected chi connectivity index (χ1v) is 5.40. The fourth-order valence-corrected chi connectivity index (χ4v) is 1.15. The van der Waals surface area contributed by atoms with Crippen molar-refractivity contribution in [3.8, 4) is 0 Å². The molecule has 0 aromatic carbocycles. The number of carbonyl (C=O) groups is 2. The fourth-order valence-electron chi connectivity index (χ4n) is 1.15. The minimum atomic E-state index is -0.967. The van der Waals surface area contributed by atoms with Crippen LogP contribution in [0.25, 0.3) is 0 Å². The van der Waals surface area contributed by atoms with Gasteiger partial charge in [-0.2, -0.15) is 0 Å². The van der Waals surface area contributed by atoms with Gasteiger partial charge < -0.3 is 15.7 Å². The van der Waals surface area contributed by atoms with Gasteiger partial charge in [0.25, 0.3) is 0 Å². The number of carbonyl (C=O) groups excluding carboxylic acids is 1. The Morgan fingerprint density at radius 2 is 1.53 bits per heavy atom. The normalized spacial score (nSPS) is 9.67. The molecule has 0 aromatic rings. The van der Waals surface area contributed by atoms with E-state index < -0.39 is 6.09 Å². The van der Waals surface area contributed by atoms with E-state index >= 15 is 0 Å². The van der Waals surface area contributed by atoms with Crippen molar-refractivity contribution in [2.75, 3.05) is 13.1 Å². The molecule has 0 atom stereocenters. The Morgan fingerprint density at radius 3 is 2.00 bits per heavy atom. The van der Waals surface area contributed by atoms with E-state index in [-0.39, 0.29) is 5.91 Å². The van der Waals surface area contributed by atoms with Gasteiger partial charge in [0.15, 0.2) is 0 Å². The molecule has 0 unspecified atom stereocenters. The summed E-state index contributed by atoms with van der Waals surface area (Å²) in [5, 5.41) is 13.4. The van der Waals surface area contributed by atoms with E-state index in [1.54, 1.807) is 0 Å². The SMILES string of the molecule is CCC(=O)NCCCCCCNC(=O)O. The fraction of sp³-hybridized carbons (Fsp3) is 0.800. The Balaban J connectivity index is 3.05. The van der Waals surface area contributed by atoms with Crippen molar-refractivity contribution in [3.05, 3.63) is 0 Å². The molecule has 5 nitrogen and oxygen atoms in total. The van der Waals surface area contributed by atoms with Crippen molar-refractivity contribution >= 4 is 12.0 Å². The highest BCUT2D eigenvalue weighted by Gasteiger charge is 1.96. The average Bonchev–Trinajstić information content (AvgIpc) is 2.21. The topological polar surface area (TPSA) is 78.4 Å². The predicted octanol–water partition coefficient (Wildman–Crippen LogP) is 1.34. The summed E-state index contributed by atoms with van der Waals surface area (Å²) in [7, 11) is 0. The minimum Gasteiger partial charge on any atom is -0.465 e. The summed E-state index contributed by atoms with van der Waals surface area (Å²) in [6.45, 7) is 3.06. The zero-order chi connectivity index (χ0) is 11.5. The lowest BCUT2D eigenvalue weighted by Gasteiger charge is -2.03. The van der Waals surface area contributed by atoms with Crippen molar-refractivity contribution in [1.82, 2.24) is 10.6 Å². The molecule has 0 bridgehead atoms. The Bertz CT molecular complexity index is 195. The van der Waals surface area contributed by atoms with Crippen molar-refractivity contribution in [2.45, 2.75) is 39.0 Å². The highest BCUT2D eigenvalue weighted by atomic mass is 16.4. The summed E-state index contributed by atoms with van der Waals surface area (Å²) in [6.07, 6.45) is 3.38. The van der Waals surface area contributed by atoms with Crippen molar-refractivity contribution in [1.29, 1.82) is 0 Å². The Labute approximate surface area is 90.2 Å². The molecule has 88 valence electrons. The minimum absolute atomic E-state index is 0.0857. The lowest BCUT2D eigenvalue weighted by Crippen LogP contribution is -2.23. The Hall–Kier alpha value is -1.26. The molecule has 2 amide bonds. The summed E-state index contributed by atoms with van der Waals surface area (Å²) in [5.41, 5.74) is 0. The molecule has 0 fully saturated rings. The second-order valence-electron chi connectivity index (χ2n) is 3.35. The van der Waals surface area contributed by atoms with Crippen LogP contribution in [0.15, 0.2) is 0 Å². The first-order chi connectivity index (χ1) is 7.16. The summed E-state index contributed by atoms with van der Waals surface area (Å²) >= 11 is 0. The summed E-state index contributed by atoms with van der Waals surface area (Å²) in [5.74, 6) is 0.0857. The molecular weight excluding hydrogens is 196 g/mol. The summed E-state index contributed by atoms with van der Waals surface area (Å²) in [4.78, 5) is 20.9. The van der Waals surface area contributed by atoms with Crippen molar-refractivity contribution in [3.63, 3.8) is 0 Å². The molecular formula is C10H20N2O3. The Kier molecular flexibility index (Phi) is 8.52. The number of unbranched alkanes of at least 4 members (excludes halogenated alkanes) is 3. The molecule has 0 saturated heterocycles. The average molecular weight is 216 g/mol. The molecule has 15 heavy (non-hydrogen) atoms. The number of carboxylic acid groups (broad SMARTS) is 1. The van der Waals surface area contributed by atoms with Gasteiger partial charge in [0.05, 0.1) is 0 Å². The van der Waals surface area contributed by atoms with Crippen LogP contribution in [0.1, 0.15) is 39.0 Å². The molecule has 0 rings (SSSR count). The van der Waals surface area contributed by atoms with Gasteiger partial charge in [-0.05, 0) is 12.8 Å². The van der Waals surface area contributed by atoms with Crippen LogP contribution >= 0.6 is 0 Å². The second-order valence-corrected chi connectivity index (χ2v) is 3.35. The van der Waals surface area contributed by atoms with Crippen molar-refractivity contribution in [2.24, 2.45) is 0 Å². The van der Waals surface area contributed by atoms with Gasteiger partial charge in [-0.1, -0.05) is 19.8 Å². The highest BCUT2D eigenvalue weighted by molar-refractivity contribution is 5.75. The summed E-state index contributed by atoms with van der Waals surface area (Å²) in [6, 6.07) is 0. The number of nitrogens with one attached hydrogen (secondary N) is 2. The second kappa shape index (κ2) is 9.30. The molecule has 0 radical (unpaired) electrons. The number of hydrogen-bond acceptors (Lipinski definition) is 2. The molecule has 5 heteroatoms. The largest absolute Gasteiger partial charge is 0.465 e. The Morgan fingerprint density at radius 1 is 1.00 bits per heavy atom. The molecule has 0 aliphatic heterocycles. The van der Waals surface area contributed by atoms with E-state index in [0.29, 0.717) is 13.0 Å². The first-order valence-electron chi connectivity index (χ1n) is 5.40. The maximum absolute atomic E-state index is 10.8. The van der Waals surface area contributed by atoms with E-state index in [0.717, 1.165) is 32.2 Å². The van der Waals surface area contributed by atoms with E-state index in [4.69, 9.17) is 5.11 Å². The monoisotopic (exact) mass is 216 g/mol. The van der Waals surface area contributed by atoms with Crippen LogP contribution in [0.4, 0.5) is 4.79 Å². The van der Waals surface area contributed by atoms with E-state index in [1.807, 2.05) is 6.92 Å². The van der Waals surface area contributed by atoms with Gasteiger partial charge in [0, 0.05) is 19.5 Å². The van der Waals surface area contributed by atoms with Crippen molar-refractivity contribution < 1.29 is 14.7 Å². The third-order valence-corrected chi connectivity index (χ3v) is 2.02. The smallest absolute Gasteiger partial charge is 0.404 e. The molecule has 0 heterocycles. The van der Waals surface area contributed by atoms with Gasteiger partial charge >= 0.3 is 6.09 Å². The lowest BCUT2D eigenvalue weighted by molar-refractivity contribution is -0.120. The third kappa shape index (κ3) is 10.7. The molecule has 0 spiro atoms. The maximum atomic E-state index is 10.8. The van der Waals surface area contributed by atoms with Gasteiger partial charge in [-0.15, -0.1) is 0 Å². The maximum Gasteiger partial charge on any atom is 0.404 e. The first kappa shape index (κ1) is 13.7. The van der Waals surface area contributed by atoms with Crippen LogP contribution in [0, 0.1) is 0 Å². The zero-order valence-corrected chi connectivity index (χ0v) is 9.21. The van der Waals surface area contributed by atoms with Crippen LogP contribution in [-0.2, 0) is 4.79 Å².